The molecule has 1 aliphatic rings. The minimum absolute atomic E-state index is 0.0661. The fourth-order valence-corrected chi connectivity index (χ4v) is 2.26. The van der Waals surface area contributed by atoms with E-state index in [1.54, 1.807) is 30.3 Å². The highest BCUT2D eigenvalue weighted by Crippen LogP contribution is 2.37. The molecule has 1 fully saturated rings. The van der Waals surface area contributed by atoms with Gasteiger partial charge in [0.1, 0.15) is 6.10 Å². The molecule has 4 unspecified atom stereocenters. The molecule has 0 radical (unpaired) electrons. The maximum absolute atomic E-state index is 14.3. The third kappa shape index (κ3) is 3.91. The average Bonchev–Trinajstić information content (AvgIpc) is 2.58. The van der Waals surface area contributed by atoms with Crippen LogP contribution in [0.1, 0.15) is 5.56 Å². The predicted octanol–water partition coefficient (Wildman–Crippen LogP) is 2.91. The monoisotopic (exact) mass is 340 g/mol. The summed E-state index contributed by atoms with van der Waals surface area (Å²) in [7, 11) is 0. The number of halogens is 2. The summed E-state index contributed by atoms with van der Waals surface area (Å²) in [5, 5.41) is 15.9. The van der Waals surface area contributed by atoms with E-state index in [-0.39, 0.29) is 6.61 Å². The highest BCUT2D eigenvalue weighted by molar-refractivity contribution is 5.13. The van der Waals surface area contributed by atoms with Gasteiger partial charge in [-0.1, -0.05) is 40.6 Å². The normalized spacial score (nSPS) is 28.5. The van der Waals surface area contributed by atoms with Crippen LogP contribution in [0.5, 0.6) is 0 Å². The van der Waals surface area contributed by atoms with Gasteiger partial charge in [0.15, 0.2) is 12.3 Å². The zero-order chi connectivity index (χ0) is 17.6. The number of hydrogen-bond donors (Lipinski definition) is 1. The summed E-state index contributed by atoms with van der Waals surface area (Å²) in [5.74, 6) is -3.80. The average molecular weight is 340 g/mol. The summed E-state index contributed by atoms with van der Waals surface area (Å²) in [6, 6.07) is 6.65. The lowest BCUT2D eigenvalue weighted by Gasteiger charge is -2.42. The molecule has 0 bridgehead atoms. The Bertz CT molecular complexity index is 648. The predicted molar refractivity (Wildman–Crippen MR) is 77.8 cm³/mol. The molecule has 4 atom stereocenters. The van der Waals surface area contributed by atoms with Crippen LogP contribution in [0.4, 0.5) is 8.78 Å². The molecule has 1 aromatic rings. The molecule has 2 rings (SSSR count). The maximum Gasteiger partial charge on any atom is 0.289 e. The van der Waals surface area contributed by atoms with Gasteiger partial charge in [0.25, 0.3) is 5.92 Å². The molecule has 0 amide bonds. The number of azide groups is 2. The standard InChI is InChI=1S/C13H14F2N6O3/c14-13(15)10(19-21-17)12(23-7-8-4-2-1-3-5-8)24-9(11(13)22)6-18-20-16/h1-5,9-12,22H,6-7H2. The number of benzene rings is 1. The summed E-state index contributed by atoms with van der Waals surface area (Å²) in [5.41, 5.74) is 17.5. The minimum atomic E-state index is -3.80. The Hall–Kier alpha value is -2.42. The second-order valence-corrected chi connectivity index (χ2v) is 5.02. The lowest BCUT2D eigenvalue weighted by Crippen LogP contribution is -2.62. The van der Waals surface area contributed by atoms with E-state index in [0.29, 0.717) is 5.56 Å². The van der Waals surface area contributed by atoms with E-state index in [9.17, 15) is 13.9 Å². The molecule has 1 aliphatic heterocycles. The third-order valence-corrected chi connectivity index (χ3v) is 3.47. The van der Waals surface area contributed by atoms with E-state index in [0.717, 1.165) is 0 Å². The van der Waals surface area contributed by atoms with E-state index < -0.39 is 37.0 Å². The largest absolute Gasteiger partial charge is 0.384 e. The lowest BCUT2D eigenvalue weighted by molar-refractivity contribution is -0.303. The molecule has 0 spiro atoms. The van der Waals surface area contributed by atoms with E-state index in [4.69, 9.17) is 20.5 Å². The molecule has 0 aliphatic carbocycles. The highest BCUT2D eigenvalue weighted by Gasteiger charge is 2.58. The van der Waals surface area contributed by atoms with Crippen LogP contribution in [0, 0.1) is 0 Å². The van der Waals surface area contributed by atoms with E-state index in [2.05, 4.69) is 20.1 Å². The number of alkyl halides is 2. The van der Waals surface area contributed by atoms with Crippen molar-refractivity contribution in [3.8, 4) is 0 Å². The van der Waals surface area contributed by atoms with Gasteiger partial charge in [0.05, 0.1) is 19.3 Å². The highest BCUT2D eigenvalue weighted by atomic mass is 19.3. The first-order chi connectivity index (χ1) is 11.5. The molecule has 0 saturated carbocycles. The Morgan fingerprint density at radius 3 is 2.58 bits per heavy atom. The van der Waals surface area contributed by atoms with Crippen molar-refractivity contribution in [2.75, 3.05) is 6.54 Å². The Morgan fingerprint density at radius 1 is 1.25 bits per heavy atom. The lowest BCUT2D eigenvalue weighted by atomic mass is 9.96. The summed E-state index contributed by atoms with van der Waals surface area (Å²) < 4.78 is 39.1. The van der Waals surface area contributed by atoms with Gasteiger partial charge >= 0.3 is 0 Å². The smallest absolute Gasteiger partial charge is 0.289 e. The molecular weight excluding hydrogens is 326 g/mol. The van der Waals surface area contributed by atoms with Crippen molar-refractivity contribution >= 4 is 0 Å². The molecule has 11 heteroatoms. The number of nitrogens with zero attached hydrogens (tertiary/aromatic N) is 6. The van der Waals surface area contributed by atoms with Crippen molar-refractivity contribution < 1.29 is 23.4 Å². The van der Waals surface area contributed by atoms with Crippen molar-refractivity contribution in [3.05, 3.63) is 56.8 Å². The first-order valence-electron chi connectivity index (χ1n) is 6.92. The van der Waals surface area contributed by atoms with Crippen LogP contribution in [0.2, 0.25) is 0 Å². The number of aliphatic hydroxyl groups excluding tert-OH is 1. The molecule has 24 heavy (non-hydrogen) atoms. The summed E-state index contributed by atoms with van der Waals surface area (Å²) in [4.78, 5) is 4.83. The van der Waals surface area contributed by atoms with Gasteiger partial charge in [-0.3, -0.25) is 0 Å². The van der Waals surface area contributed by atoms with E-state index in [1.165, 1.54) is 0 Å². The van der Waals surface area contributed by atoms with E-state index in [1.807, 2.05) is 0 Å². The number of hydrogen-bond acceptors (Lipinski definition) is 5. The van der Waals surface area contributed by atoms with Gasteiger partial charge in [-0.05, 0) is 16.6 Å². The van der Waals surface area contributed by atoms with E-state index >= 15 is 0 Å². The van der Waals surface area contributed by atoms with Crippen LogP contribution in [-0.2, 0) is 16.1 Å². The topological polar surface area (TPSA) is 136 Å². The molecule has 1 N–H and O–H groups in total. The Kier molecular flexibility index (Phi) is 5.91. The minimum Gasteiger partial charge on any atom is -0.384 e. The van der Waals surface area contributed by atoms with Crippen LogP contribution < -0.4 is 0 Å². The zero-order valence-electron chi connectivity index (χ0n) is 12.3. The van der Waals surface area contributed by atoms with Crippen molar-refractivity contribution in [3.63, 3.8) is 0 Å². The molecule has 128 valence electrons. The second-order valence-electron chi connectivity index (χ2n) is 5.02. The van der Waals surface area contributed by atoms with Gasteiger partial charge in [-0.2, -0.15) is 0 Å². The SMILES string of the molecule is [N-]=[N+]=NCC1OC(OCc2ccccc2)C(N=[N+]=[N-])C(F)(F)C1O. The van der Waals surface area contributed by atoms with Crippen LogP contribution in [0.15, 0.2) is 40.6 Å². The van der Waals surface area contributed by atoms with Crippen LogP contribution in [0.25, 0.3) is 20.9 Å². The quantitative estimate of drug-likeness (QED) is 0.484. The Morgan fingerprint density at radius 2 is 1.96 bits per heavy atom. The fraction of sp³-hybridized carbons (Fsp3) is 0.538. The van der Waals surface area contributed by atoms with Crippen molar-refractivity contribution in [1.29, 1.82) is 0 Å². The van der Waals surface area contributed by atoms with Gasteiger partial charge in [-0.15, -0.1) is 0 Å². The van der Waals surface area contributed by atoms with Crippen LogP contribution in [-0.4, -0.2) is 42.1 Å². The van der Waals surface area contributed by atoms with Gasteiger partial charge in [0, 0.05) is 9.82 Å². The molecule has 0 aromatic heterocycles. The van der Waals surface area contributed by atoms with Gasteiger partial charge < -0.3 is 14.6 Å². The van der Waals surface area contributed by atoms with Gasteiger partial charge in [-0.25, -0.2) is 8.78 Å². The molecular formula is C13H14F2N6O3. The first kappa shape index (κ1) is 17.9. The molecule has 9 nitrogen and oxygen atoms in total. The molecule has 1 saturated heterocycles. The molecule has 1 aromatic carbocycles. The summed E-state index contributed by atoms with van der Waals surface area (Å²) >= 11 is 0. The van der Waals surface area contributed by atoms with Crippen molar-refractivity contribution in [2.24, 2.45) is 10.2 Å². The Balaban J connectivity index is 2.20. The van der Waals surface area contributed by atoms with Gasteiger partial charge in [0.2, 0.25) is 0 Å². The second kappa shape index (κ2) is 7.91. The number of rotatable bonds is 6. The maximum atomic E-state index is 14.3. The zero-order valence-corrected chi connectivity index (χ0v) is 12.3. The molecule has 1 heterocycles. The van der Waals surface area contributed by atoms with Crippen molar-refractivity contribution in [1.82, 2.24) is 0 Å². The first-order valence-corrected chi connectivity index (χ1v) is 6.92. The Labute approximate surface area is 135 Å². The van der Waals surface area contributed by atoms with Crippen LogP contribution >= 0.6 is 0 Å². The summed E-state index contributed by atoms with van der Waals surface area (Å²) in [6.45, 7) is -0.579. The summed E-state index contributed by atoms with van der Waals surface area (Å²) in [6.07, 6.45) is -5.38. The number of ether oxygens (including phenoxy) is 2. The van der Waals surface area contributed by atoms with Crippen molar-refractivity contribution in [2.45, 2.75) is 37.1 Å². The number of aliphatic hydroxyl groups is 1. The third-order valence-electron chi connectivity index (χ3n) is 3.47. The fourth-order valence-electron chi connectivity index (χ4n) is 2.26. The van der Waals surface area contributed by atoms with Crippen LogP contribution in [0.3, 0.4) is 0 Å².